The van der Waals surface area contributed by atoms with Crippen molar-refractivity contribution in [2.45, 2.75) is 50.4 Å². The zero-order chi connectivity index (χ0) is 19.9. The van der Waals surface area contributed by atoms with Crippen LogP contribution in [-0.4, -0.2) is 28.1 Å². The number of rotatable bonds is 3. The van der Waals surface area contributed by atoms with E-state index in [2.05, 4.69) is 20.0 Å². The van der Waals surface area contributed by atoms with E-state index in [0.29, 0.717) is 23.0 Å². The number of nitrogens with zero attached hydrogens (tertiary/aromatic N) is 2. The third kappa shape index (κ3) is 3.76. The van der Waals surface area contributed by atoms with E-state index in [9.17, 15) is 18.0 Å². The smallest absolute Gasteiger partial charge is 0.349 e. The highest BCUT2D eigenvalue weighted by Crippen LogP contribution is 2.39. The summed E-state index contributed by atoms with van der Waals surface area (Å²) in [4.78, 5) is 16.0. The summed E-state index contributed by atoms with van der Waals surface area (Å²) in [6.07, 6.45) is 0.500. The maximum atomic E-state index is 12.7. The van der Waals surface area contributed by atoms with Crippen molar-refractivity contribution in [1.29, 1.82) is 0 Å². The standard InChI is InChI=1S/C19H21F3N4O2/c20-19(21,22)18-25-16(26-28-18)10-4-6-11(7-5-10)17(27)24-15-12-2-1-3-13(15)9-14(23)8-12/h4-7,12-15H,1-3,8-9,23H2,(H,24,27). The first-order chi connectivity index (χ1) is 13.3. The van der Waals surface area contributed by atoms with E-state index in [0.717, 1.165) is 25.7 Å². The number of fused-ring (bicyclic) bond motifs is 2. The van der Waals surface area contributed by atoms with Crippen LogP contribution < -0.4 is 11.1 Å². The first-order valence-electron chi connectivity index (χ1n) is 9.39. The third-order valence-electron chi connectivity index (χ3n) is 5.75. The van der Waals surface area contributed by atoms with Gasteiger partial charge in [-0.25, -0.2) is 0 Å². The topological polar surface area (TPSA) is 94.0 Å². The van der Waals surface area contributed by atoms with Crippen LogP contribution in [0.25, 0.3) is 11.4 Å². The average Bonchev–Trinajstić information content (AvgIpc) is 3.13. The van der Waals surface area contributed by atoms with Gasteiger partial charge in [-0.2, -0.15) is 18.2 Å². The van der Waals surface area contributed by atoms with Crippen LogP contribution in [0.3, 0.4) is 0 Å². The second-order valence-electron chi connectivity index (χ2n) is 7.68. The molecule has 1 amide bonds. The Morgan fingerprint density at radius 3 is 2.36 bits per heavy atom. The summed E-state index contributed by atoms with van der Waals surface area (Å²) in [5, 5.41) is 6.50. The molecule has 2 aliphatic carbocycles. The summed E-state index contributed by atoms with van der Waals surface area (Å²) in [5.41, 5.74) is 6.91. The SMILES string of the molecule is NC1CC2CCCC(C1)C2NC(=O)c1ccc(-c2noc(C(F)(F)F)n2)cc1. The van der Waals surface area contributed by atoms with Crippen LogP contribution >= 0.6 is 0 Å². The number of hydrogen-bond donors (Lipinski definition) is 2. The van der Waals surface area contributed by atoms with Crippen LogP contribution in [0.2, 0.25) is 0 Å². The van der Waals surface area contributed by atoms with Gasteiger partial charge in [0.25, 0.3) is 5.91 Å². The molecule has 1 aromatic carbocycles. The van der Waals surface area contributed by atoms with Gasteiger partial charge in [0.05, 0.1) is 0 Å². The summed E-state index contributed by atoms with van der Waals surface area (Å²) in [5.74, 6) is -0.939. The molecule has 9 heteroatoms. The predicted octanol–water partition coefficient (Wildman–Crippen LogP) is 3.39. The molecule has 2 aromatic rings. The average molecular weight is 394 g/mol. The van der Waals surface area contributed by atoms with E-state index in [1.807, 2.05) is 0 Å². The van der Waals surface area contributed by atoms with Crippen molar-refractivity contribution in [3.05, 3.63) is 35.7 Å². The normalized spacial score (nSPS) is 27.4. The Hall–Kier alpha value is -2.42. The molecule has 3 N–H and O–H groups in total. The second-order valence-corrected chi connectivity index (χ2v) is 7.68. The molecule has 2 atom stereocenters. The van der Waals surface area contributed by atoms with Gasteiger partial charge in [0, 0.05) is 23.2 Å². The number of benzene rings is 1. The van der Waals surface area contributed by atoms with Crippen LogP contribution in [0.5, 0.6) is 0 Å². The molecule has 0 radical (unpaired) electrons. The minimum Gasteiger partial charge on any atom is -0.349 e. The van der Waals surface area contributed by atoms with Crippen molar-refractivity contribution in [2.75, 3.05) is 0 Å². The molecule has 2 unspecified atom stereocenters. The number of amides is 1. The van der Waals surface area contributed by atoms with Crippen molar-refractivity contribution < 1.29 is 22.5 Å². The summed E-state index contributed by atoms with van der Waals surface area (Å²) in [6, 6.07) is 6.47. The van der Waals surface area contributed by atoms with Gasteiger partial charge in [-0.3, -0.25) is 4.79 Å². The zero-order valence-corrected chi connectivity index (χ0v) is 15.1. The minimum atomic E-state index is -4.69. The van der Waals surface area contributed by atoms with Crippen LogP contribution in [0.15, 0.2) is 28.8 Å². The number of nitrogens with two attached hydrogens (primary N) is 1. The molecule has 0 spiro atoms. The van der Waals surface area contributed by atoms with Crippen LogP contribution in [0, 0.1) is 11.8 Å². The summed E-state index contributed by atoms with van der Waals surface area (Å²) >= 11 is 0. The lowest BCUT2D eigenvalue weighted by Crippen LogP contribution is -2.53. The molecule has 0 saturated heterocycles. The monoisotopic (exact) mass is 394 g/mol. The molecular formula is C19H21F3N4O2. The summed E-state index contributed by atoms with van der Waals surface area (Å²) in [6.45, 7) is 0. The molecule has 2 fully saturated rings. The molecule has 150 valence electrons. The number of hydrogen-bond acceptors (Lipinski definition) is 5. The van der Waals surface area contributed by atoms with E-state index >= 15 is 0 Å². The molecule has 2 saturated carbocycles. The Morgan fingerprint density at radius 1 is 1.14 bits per heavy atom. The van der Waals surface area contributed by atoms with Crippen molar-refractivity contribution in [2.24, 2.45) is 17.6 Å². The molecule has 1 aromatic heterocycles. The second kappa shape index (κ2) is 7.20. The Bertz CT molecular complexity index is 836. The van der Waals surface area contributed by atoms with Gasteiger partial charge in [0.2, 0.25) is 5.82 Å². The van der Waals surface area contributed by atoms with E-state index < -0.39 is 12.1 Å². The van der Waals surface area contributed by atoms with Gasteiger partial charge in [-0.15, -0.1) is 0 Å². The van der Waals surface area contributed by atoms with E-state index in [1.165, 1.54) is 18.6 Å². The molecule has 2 aliphatic rings. The predicted molar refractivity (Wildman–Crippen MR) is 94.0 cm³/mol. The molecule has 1 heterocycles. The quantitative estimate of drug-likeness (QED) is 0.832. The first-order valence-corrected chi connectivity index (χ1v) is 9.39. The number of carbonyl (C=O) groups excluding carboxylic acids is 1. The van der Waals surface area contributed by atoms with Gasteiger partial charge < -0.3 is 15.6 Å². The molecule has 28 heavy (non-hydrogen) atoms. The third-order valence-corrected chi connectivity index (χ3v) is 5.75. The highest BCUT2D eigenvalue weighted by Gasteiger charge is 2.40. The molecule has 6 nitrogen and oxygen atoms in total. The lowest BCUT2D eigenvalue weighted by Gasteiger charge is -2.45. The van der Waals surface area contributed by atoms with Crippen molar-refractivity contribution in [3.8, 4) is 11.4 Å². The van der Waals surface area contributed by atoms with Gasteiger partial charge in [-0.05, 0) is 49.7 Å². The molecule has 4 rings (SSSR count). The minimum absolute atomic E-state index is 0.132. The van der Waals surface area contributed by atoms with Gasteiger partial charge >= 0.3 is 12.1 Å². The molecule has 2 bridgehead atoms. The largest absolute Gasteiger partial charge is 0.471 e. The molecule has 0 aliphatic heterocycles. The van der Waals surface area contributed by atoms with Crippen LogP contribution in [-0.2, 0) is 6.18 Å². The fourth-order valence-corrected chi connectivity index (χ4v) is 4.49. The summed E-state index contributed by atoms with van der Waals surface area (Å²) in [7, 11) is 0. The Morgan fingerprint density at radius 2 is 1.79 bits per heavy atom. The van der Waals surface area contributed by atoms with Gasteiger partial charge in [-0.1, -0.05) is 23.7 Å². The van der Waals surface area contributed by atoms with Crippen molar-refractivity contribution >= 4 is 5.91 Å². The first kappa shape index (κ1) is 18.9. The van der Waals surface area contributed by atoms with Gasteiger partial charge in [0.1, 0.15) is 0 Å². The van der Waals surface area contributed by atoms with Crippen molar-refractivity contribution in [1.82, 2.24) is 15.5 Å². The zero-order valence-electron chi connectivity index (χ0n) is 15.1. The molecular weight excluding hydrogens is 373 g/mol. The lowest BCUT2D eigenvalue weighted by atomic mass is 9.67. The van der Waals surface area contributed by atoms with Gasteiger partial charge in [0.15, 0.2) is 0 Å². The number of nitrogens with one attached hydrogen (secondary N) is 1. The van der Waals surface area contributed by atoms with E-state index in [1.54, 1.807) is 12.1 Å². The Labute approximate surface area is 159 Å². The van der Waals surface area contributed by atoms with E-state index in [4.69, 9.17) is 5.73 Å². The fourth-order valence-electron chi connectivity index (χ4n) is 4.49. The Kier molecular flexibility index (Phi) is 4.86. The number of carbonyl (C=O) groups is 1. The number of aromatic nitrogens is 2. The van der Waals surface area contributed by atoms with Crippen molar-refractivity contribution in [3.63, 3.8) is 0 Å². The fraction of sp³-hybridized carbons (Fsp3) is 0.526. The maximum absolute atomic E-state index is 12.7. The number of halogens is 3. The Balaban J connectivity index is 1.45. The van der Waals surface area contributed by atoms with Crippen LogP contribution in [0.4, 0.5) is 13.2 Å². The van der Waals surface area contributed by atoms with Crippen LogP contribution in [0.1, 0.15) is 48.4 Å². The summed E-state index contributed by atoms with van der Waals surface area (Å²) < 4.78 is 42.0. The maximum Gasteiger partial charge on any atom is 0.471 e. The number of alkyl halides is 3. The highest BCUT2D eigenvalue weighted by atomic mass is 19.4. The highest BCUT2D eigenvalue weighted by molar-refractivity contribution is 5.94. The lowest BCUT2D eigenvalue weighted by molar-refractivity contribution is -0.159. The van der Waals surface area contributed by atoms with E-state index in [-0.39, 0.29) is 23.8 Å².